The minimum Gasteiger partial charge on any atom is -0.448 e. The first-order valence-corrected chi connectivity index (χ1v) is 20.0. The third-order valence-electron chi connectivity index (χ3n) is 10.8. The van der Waals surface area contributed by atoms with Gasteiger partial charge in [0.15, 0.2) is 0 Å². The Balaban J connectivity index is 0.962. The van der Waals surface area contributed by atoms with Crippen LogP contribution in [0.4, 0.5) is 16.3 Å². The first-order chi connectivity index (χ1) is 24.8. The molecule has 2 aromatic carbocycles. The van der Waals surface area contributed by atoms with E-state index in [9.17, 15) is 18.0 Å². The number of urea groups is 1. The lowest BCUT2D eigenvalue weighted by molar-refractivity contribution is 0.0523. The summed E-state index contributed by atoms with van der Waals surface area (Å²) >= 11 is 0. The van der Waals surface area contributed by atoms with Crippen molar-refractivity contribution < 1.29 is 22.4 Å². The van der Waals surface area contributed by atoms with Gasteiger partial charge in [-0.2, -0.15) is 9.40 Å². The highest BCUT2D eigenvalue weighted by molar-refractivity contribution is 7.89. The summed E-state index contributed by atoms with van der Waals surface area (Å²) in [5, 5.41) is 10.6. The Labute approximate surface area is 306 Å². The van der Waals surface area contributed by atoms with Gasteiger partial charge in [-0.1, -0.05) is 57.0 Å². The third-order valence-corrected chi connectivity index (χ3v) is 12.6. The van der Waals surface area contributed by atoms with Crippen molar-refractivity contribution in [3.8, 4) is 5.69 Å². The summed E-state index contributed by atoms with van der Waals surface area (Å²) in [7, 11) is -3.76. The fraction of sp³-hybridized carbons (Fsp3) is 0.475. The van der Waals surface area contributed by atoms with Crippen molar-refractivity contribution in [2.75, 3.05) is 23.7 Å². The fourth-order valence-corrected chi connectivity index (χ4v) is 9.50. The van der Waals surface area contributed by atoms with Gasteiger partial charge in [0.1, 0.15) is 11.6 Å². The summed E-state index contributed by atoms with van der Waals surface area (Å²) < 4.78 is 35.4. The molecule has 3 saturated heterocycles. The van der Waals surface area contributed by atoms with E-state index in [4.69, 9.17) is 9.52 Å². The summed E-state index contributed by atoms with van der Waals surface area (Å²) in [5.41, 5.74) is 4.93. The zero-order chi connectivity index (χ0) is 36.8. The molecule has 7 rings (SSSR count). The van der Waals surface area contributed by atoms with Crippen molar-refractivity contribution in [2.45, 2.75) is 109 Å². The number of rotatable bonds is 8. The first-order valence-electron chi connectivity index (χ1n) is 18.5. The molecule has 12 heteroatoms. The number of anilines is 2. The van der Waals surface area contributed by atoms with E-state index in [1.165, 1.54) is 15.9 Å². The lowest BCUT2D eigenvalue weighted by Gasteiger charge is -2.39. The topological polar surface area (TPSA) is 130 Å². The number of aromatic nitrogens is 2. The van der Waals surface area contributed by atoms with Crippen LogP contribution in [0.2, 0.25) is 0 Å². The molecule has 0 radical (unpaired) electrons. The zero-order valence-corrected chi connectivity index (χ0v) is 31.6. The van der Waals surface area contributed by atoms with Crippen LogP contribution in [0.5, 0.6) is 0 Å². The number of benzene rings is 2. The maximum atomic E-state index is 13.9. The van der Waals surface area contributed by atoms with Gasteiger partial charge in [0.25, 0.3) is 15.9 Å². The SMILES string of the molecule is Cc1ccc(-n2nc(C(C)(C)C)cc2NC(=O)Nc2ccc(CC3CC4CCC(C3)N4C(=O)c3cc(S(=O)(=O)N4CCCCC4)oc3C)cc2)cc1. The van der Waals surface area contributed by atoms with Gasteiger partial charge >= 0.3 is 6.03 Å². The molecule has 4 aromatic rings. The van der Waals surface area contributed by atoms with Gasteiger partial charge in [-0.3, -0.25) is 10.1 Å². The minimum atomic E-state index is -3.76. The van der Waals surface area contributed by atoms with Crippen molar-refractivity contribution in [1.29, 1.82) is 0 Å². The predicted octanol–water partition coefficient (Wildman–Crippen LogP) is 7.82. The second-order valence-corrected chi connectivity index (χ2v) is 17.7. The molecule has 3 aliphatic heterocycles. The number of furan rings is 1. The van der Waals surface area contributed by atoms with Gasteiger partial charge in [-0.25, -0.2) is 17.9 Å². The molecule has 0 saturated carbocycles. The maximum Gasteiger partial charge on any atom is 0.324 e. The highest BCUT2D eigenvalue weighted by Gasteiger charge is 2.44. The van der Waals surface area contributed by atoms with Crippen LogP contribution in [-0.4, -0.2) is 64.5 Å². The largest absolute Gasteiger partial charge is 0.448 e. The van der Waals surface area contributed by atoms with Gasteiger partial charge < -0.3 is 14.6 Å². The Hall–Kier alpha value is -4.42. The summed E-state index contributed by atoms with van der Waals surface area (Å²) in [6.07, 6.45) is 7.26. The third kappa shape index (κ3) is 7.41. The van der Waals surface area contributed by atoms with Crippen molar-refractivity contribution >= 4 is 33.5 Å². The summed E-state index contributed by atoms with van der Waals surface area (Å²) in [4.78, 5) is 29.0. The molecule has 3 aliphatic rings. The number of sulfonamides is 1. The average Bonchev–Trinajstić information content (AvgIpc) is 3.80. The molecule has 5 heterocycles. The van der Waals surface area contributed by atoms with E-state index >= 15 is 0 Å². The van der Waals surface area contributed by atoms with E-state index in [2.05, 4.69) is 43.5 Å². The van der Waals surface area contributed by atoms with Crippen LogP contribution in [0, 0.1) is 19.8 Å². The van der Waals surface area contributed by atoms with E-state index in [1.807, 2.05) is 54.3 Å². The second kappa shape index (κ2) is 14.2. The maximum absolute atomic E-state index is 13.9. The molecule has 0 aliphatic carbocycles. The number of amides is 3. The van der Waals surface area contributed by atoms with Crippen LogP contribution in [0.25, 0.3) is 5.69 Å². The van der Waals surface area contributed by atoms with Crippen LogP contribution in [0.3, 0.4) is 0 Å². The summed E-state index contributed by atoms with van der Waals surface area (Å²) in [5.74, 6) is 1.24. The number of carbonyl (C=O) groups excluding carboxylic acids is 2. The quantitative estimate of drug-likeness (QED) is 0.191. The van der Waals surface area contributed by atoms with E-state index < -0.39 is 10.0 Å². The standard InChI is InChI=1S/C40H50N6O5S/c1-26-9-15-31(16-10-26)46-36(25-35(43-46)40(3,4)5)42-39(48)41-30-13-11-28(12-14-30)21-29-22-32-17-18-33(23-29)45(32)38(47)34-24-37(51-27(34)2)52(49,50)44-19-7-6-8-20-44/h9-16,24-25,29,32-33H,6-8,17-23H2,1-5H3,(H2,41,42,48). The lowest BCUT2D eigenvalue weighted by Crippen LogP contribution is -2.47. The van der Waals surface area contributed by atoms with Gasteiger partial charge in [0, 0.05) is 48.4 Å². The van der Waals surface area contributed by atoms with E-state index in [-0.39, 0.29) is 34.5 Å². The summed E-state index contributed by atoms with van der Waals surface area (Å²) in [6.45, 7) is 11.0. The van der Waals surface area contributed by atoms with E-state index in [1.54, 1.807) is 11.6 Å². The van der Waals surface area contributed by atoms with E-state index in [0.29, 0.717) is 41.8 Å². The Bertz CT molecular complexity index is 2020. The number of aryl methyl sites for hydroxylation is 2. The number of nitrogens with one attached hydrogen (secondary N) is 2. The minimum absolute atomic E-state index is 0.115. The number of piperidine rings is 2. The summed E-state index contributed by atoms with van der Waals surface area (Å²) in [6, 6.07) is 19.3. The van der Waals surface area contributed by atoms with Crippen molar-refractivity contribution in [3.63, 3.8) is 0 Å². The molecule has 52 heavy (non-hydrogen) atoms. The molecule has 2 atom stereocenters. The molecule has 2 bridgehead atoms. The molecule has 3 fully saturated rings. The Kier molecular flexibility index (Phi) is 9.81. The highest BCUT2D eigenvalue weighted by atomic mass is 32.2. The molecule has 0 spiro atoms. The van der Waals surface area contributed by atoms with Gasteiger partial charge in [0.2, 0.25) is 5.09 Å². The van der Waals surface area contributed by atoms with Crippen molar-refractivity contribution in [2.24, 2.45) is 5.92 Å². The molecular weight excluding hydrogens is 677 g/mol. The van der Waals surface area contributed by atoms with Crippen molar-refractivity contribution in [3.05, 3.63) is 88.8 Å². The van der Waals surface area contributed by atoms with Gasteiger partial charge in [0.05, 0.1) is 16.9 Å². The molecular formula is C40H50N6O5S. The molecule has 2 aromatic heterocycles. The fourth-order valence-electron chi connectivity index (χ4n) is 8.01. The number of carbonyl (C=O) groups is 2. The Morgan fingerprint density at radius 3 is 2.17 bits per heavy atom. The lowest BCUT2D eigenvalue weighted by atomic mass is 9.85. The van der Waals surface area contributed by atoms with Gasteiger partial charge in [-0.15, -0.1) is 0 Å². The normalized spacial score (nSPS) is 20.9. The monoisotopic (exact) mass is 726 g/mol. The zero-order valence-electron chi connectivity index (χ0n) is 30.8. The molecule has 276 valence electrons. The average molecular weight is 727 g/mol. The molecule has 3 amide bonds. The van der Waals surface area contributed by atoms with Crippen LogP contribution in [0.15, 0.2) is 70.2 Å². The predicted molar refractivity (Wildman–Crippen MR) is 202 cm³/mol. The molecule has 2 N–H and O–H groups in total. The number of nitrogens with zero attached hydrogens (tertiary/aromatic N) is 4. The highest BCUT2D eigenvalue weighted by Crippen LogP contribution is 2.41. The van der Waals surface area contributed by atoms with E-state index in [0.717, 1.165) is 68.3 Å². The number of hydrogen-bond acceptors (Lipinski definition) is 6. The van der Waals surface area contributed by atoms with Crippen LogP contribution < -0.4 is 10.6 Å². The number of fused-ring (bicyclic) bond motifs is 2. The second-order valence-electron chi connectivity index (χ2n) is 15.8. The first kappa shape index (κ1) is 36.0. The van der Waals surface area contributed by atoms with Crippen LogP contribution in [-0.2, 0) is 21.9 Å². The number of hydrogen-bond donors (Lipinski definition) is 2. The Morgan fingerprint density at radius 1 is 0.885 bits per heavy atom. The van der Waals surface area contributed by atoms with Crippen molar-refractivity contribution in [1.82, 2.24) is 19.0 Å². The molecule has 11 nitrogen and oxygen atoms in total. The smallest absolute Gasteiger partial charge is 0.324 e. The van der Waals surface area contributed by atoms with Gasteiger partial charge in [-0.05, 0) is 94.5 Å². The van der Waals surface area contributed by atoms with Crippen LogP contribution >= 0.6 is 0 Å². The molecule has 2 unspecified atom stereocenters. The van der Waals surface area contributed by atoms with Crippen LogP contribution in [0.1, 0.15) is 98.7 Å². The Morgan fingerprint density at radius 2 is 1.54 bits per heavy atom.